The molecule has 0 bridgehead atoms. The molecular weight excluding hydrogens is 480 g/mol. The third-order valence-corrected chi connectivity index (χ3v) is 5.31. The number of methoxy groups -OCH3 is 2. The van der Waals surface area contributed by atoms with Crippen LogP contribution in [0.1, 0.15) is 15.9 Å². The second-order valence-corrected chi connectivity index (χ2v) is 7.70. The second-order valence-electron chi connectivity index (χ2n) is 7.70. The van der Waals surface area contributed by atoms with E-state index < -0.39 is 49.3 Å². The first-order valence-corrected chi connectivity index (χ1v) is 10.6. The average Bonchev–Trinajstić information content (AvgIpc) is 2.87. The van der Waals surface area contributed by atoms with Gasteiger partial charge in [-0.1, -0.05) is 6.07 Å². The lowest BCUT2D eigenvalue weighted by molar-refractivity contribution is -0.285. The van der Waals surface area contributed by atoms with E-state index in [9.17, 15) is 35.1 Å². The summed E-state index contributed by atoms with van der Waals surface area (Å²) in [6.45, 7) is -0.534. The van der Waals surface area contributed by atoms with Gasteiger partial charge in [0.05, 0.1) is 19.8 Å². The van der Waals surface area contributed by atoms with E-state index in [4.69, 9.17) is 23.7 Å². The highest BCUT2D eigenvalue weighted by molar-refractivity contribution is 5.90. The maximum Gasteiger partial charge on any atom is 0.340 e. The van der Waals surface area contributed by atoms with E-state index in [1.54, 1.807) is 0 Å². The summed E-state index contributed by atoms with van der Waals surface area (Å²) in [5.41, 5.74) is 0.493. The maximum atomic E-state index is 12.5. The van der Waals surface area contributed by atoms with Gasteiger partial charge in [-0.2, -0.15) is 0 Å². The van der Waals surface area contributed by atoms with E-state index in [2.05, 4.69) is 0 Å². The summed E-state index contributed by atoms with van der Waals surface area (Å²) in [5, 5.41) is 49.8. The molecule has 0 amide bonds. The number of aliphatic hydroxyl groups excluding tert-OH is 3. The van der Waals surface area contributed by atoms with Crippen LogP contribution in [0.2, 0.25) is 0 Å². The third-order valence-electron chi connectivity index (χ3n) is 5.31. The summed E-state index contributed by atoms with van der Waals surface area (Å²) >= 11 is 0. The molecule has 1 aliphatic rings. The minimum atomic E-state index is -1.79. The van der Waals surface area contributed by atoms with E-state index >= 15 is 0 Å². The zero-order chi connectivity index (χ0) is 26.4. The molecule has 1 saturated heterocycles. The maximum absolute atomic E-state index is 12.5. The van der Waals surface area contributed by atoms with Crippen LogP contribution in [0.3, 0.4) is 0 Å². The Morgan fingerprint density at radius 2 is 1.56 bits per heavy atom. The summed E-state index contributed by atoms with van der Waals surface area (Å²) in [6.07, 6.45) is -5.75. The fourth-order valence-corrected chi connectivity index (χ4v) is 3.30. The average molecular weight is 506 g/mol. The van der Waals surface area contributed by atoms with Gasteiger partial charge in [-0.3, -0.25) is 0 Å². The number of hydrogen-bond acceptors (Lipinski definition) is 12. The molecule has 0 unspecified atom stereocenters. The van der Waals surface area contributed by atoms with Crippen LogP contribution < -0.4 is 9.47 Å². The summed E-state index contributed by atoms with van der Waals surface area (Å²) in [4.78, 5) is 24.6. The van der Waals surface area contributed by atoms with Crippen molar-refractivity contribution < 1.29 is 58.8 Å². The molecule has 0 saturated carbocycles. The van der Waals surface area contributed by atoms with Crippen LogP contribution in [-0.4, -0.2) is 89.0 Å². The topological polar surface area (TPSA) is 181 Å². The van der Waals surface area contributed by atoms with Crippen molar-refractivity contribution in [1.29, 1.82) is 0 Å². The molecule has 0 radical (unpaired) electrons. The third kappa shape index (κ3) is 6.23. The van der Waals surface area contributed by atoms with Gasteiger partial charge in [-0.25, -0.2) is 9.59 Å². The highest BCUT2D eigenvalue weighted by Gasteiger charge is 2.46. The number of rotatable bonds is 8. The number of carbonyl (C=O) groups excluding carboxylic acids is 2. The number of phenols is 2. The van der Waals surface area contributed by atoms with Crippen LogP contribution in [0.5, 0.6) is 23.0 Å². The molecule has 0 aliphatic carbocycles. The number of aromatic hydroxyl groups is 2. The first kappa shape index (κ1) is 26.8. The number of benzene rings is 2. The first-order valence-electron chi connectivity index (χ1n) is 10.6. The Kier molecular flexibility index (Phi) is 8.72. The largest absolute Gasteiger partial charge is 0.504 e. The lowest BCUT2D eigenvalue weighted by atomic mass is 9.99. The van der Waals surface area contributed by atoms with E-state index in [1.165, 1.54) is 56.7 Å². The van der Waals surface area contributed by atoms with Gasteiger partial charge in [0.15, 0.2) is 23.0 Å². The van der Waals surface area contributed by atoms with Gasteiger partial charge < -0.3 is 49.2 Å². The van der Waals surface area contributed by atoms with E-state index in [0.717, 1.165) is 6.08 Å². The van der Waals surface area contributed by atoms with Crippen molar-refractivity contribution in [1.82, 2.24) is 0 Å². The van der Waals surface area contributed by atoms with Crippen molar-refractivity contribution >= 4 is 18.0 Å². The lowest BCUT2D eigenvalue weighted by Gasteiger charge is -2.39. The fraction of sp³-hybridized carbons (Fsp3) is 0.333. The highest BCUT2D eigenvalue weighted by Crippen LogP contribution is 2.29. The molecule has 12 heteroatoms. The molecule has 5 N–H and O–H groups in total. The normalized spacial score (nSPS) is 23.8. The summed E-state index contributed by atoms with van der Waals surface area (Å²) in [7, 11) is 2.67. The van der Waals surface area contributed by atoms with Crippen molar-refractivity contribution in [2.24, 2.45) is 0 Å². The van der Waals surface area contributed by atoms with Crippen LogP contribution >= 0.6 is 0 Å². The molecule has 1 aliphatic heterocycles. The standard InChI is InChI=1S/C24H26O12/c1-32-16-9-12(3-6-14(16)25)4-8-19(27)34-11-18-20(28)21(29)22(30)24(35-18)36-23(31)13-5-7-15(26)17(10-13)33-2/h3-10,18,20-22,24-26,28-30H,11H2,1-2H3/t18-,20-,21+,22-,24+/m1/s1. The zero-order valence-corrected chi connectivity index (χ0v) is 19.3. The molecular formula is C24H26O12. The SMILES string of the molecule is COc1cc(C=CC(=O)OC[C@H]2O[C@@H](OC(=O)c3ccc(O)c(OC)c3)[C@H](O)[C@@H](O)[C@@H]2O)ccc1O. The quantitative estimate of drug-likeness (QED) is 0.245. The van der Waals surface area contributed by atoms with Crippen molar-refractivity contribution in [2.75, 3.05) is 20.8 Å². The molecule has 1 fully saturated rings. The molecule has 12 nitrogen and oxygen atoms in total. The molecule has 0 aromatic heterocycles. The molecule has 2 aromatic rings. The smallest absolute Gasteiger partial charge is 0.340 e. The van der Waals surface area contributed by atoms with Gasteiger partial charge in [-0.05, 0) is 42.0 Å². The molecule has 36 heavy (non-hydrogen) atoms. The van der Waals surface area contributed by atoms with E-state index in [0.29, 0.717) is 5.56 Å². The Balaban J connectivity index is 1.61. The number of ether oxygens (including phenoxy) is 5. The molecule has 2 aromatic carbocycles. The van der Waals surface area contributed by atoms with Gasteiger partial charge in [0.1, 0.15) is 31.0 Å². The lowest BCUT2D eigenvalue weighted by Crippen LogP contribution is -2.59. The molecule has 5 atom stereocenters. The predicted octanol–water partition coefficient (Wildman–Crippen LogP) is 0.336. The van der Waals surface area contributed by atoms with Crippen molar-refractivity contribution in [3.63, 3.8) is 0 Å². The predicted molar refractivity (Wildman–Crippen MR) is 121 cm³/mol. The van der Waals surface area contributed by atoms with Gasteiger partial charge >= 0.3 is 11.9 Å². The Hall–Kier alpha value is -3.84. The number of phenolic OH excluding ortho intramolecular Hbond substituents is 2. The van der Waals surface area contributed by atoms with Gasteiger partial charge in [-0.15, -0.1) is 0 Å². The fourth-order valence-electron chi connectivity index (χ4n) is 3.30. The molecule has 0 spiro atoms. The molecule has 3 rings (SSSR count). The second kappa shape index (κ2) is 11.7. The minimum Gasteiger partial charge on any atom is -0.504 e. The summed E-state index contributed by atoms with van der Waals surface area (Å²) in [5.74, 6) is -1.84. The van der Waals surface area contributed by atoms with Crippen molar-refractivity contribution in [3.8, 4) is 23.0 Å². The van der Waals surface area contributed by atoms with E-state index in [1.807, 2.05) is 0 Å². The van der Waals surface area contributed by atoms with Gasteiger partial charge in [0.25, 0.3) is 0 Å². The van der Waals surface area contributed by atoms with Crippen LogP contribution in [0.25, 0.3) is 6.08 Å². The first-order chi connectivity index (χ1) is 17.1. The minimum absolute atomic E-state index is 0.00797. The zero-order valence-electron chi connectivity index (χ0n) is 19.3. The number of esters is 2. The monoisotopic (exact) mass is 506 g/mol. The Morgan fingerprint density at radius 1 is 0.917 bits per heavy atom. The van der Waals surface area contributed by atoms with Crippen LogP contribution in [-0.2, 0) is 19.0 Å². The molecule has 194 valence electrons. The van der Waals surface area contributed by atoms with Gasteiger partial charge in [0, 0.05) is 6.08 Å². The Morgan fingerprint density at radius 3 is 2.22 bits per heavy atom. The Labute approximate surface area is 205 Å². The number of carbonyl (C=O) groups is 2. The number of hydrogen-bond donors (Lipinski definition) is 5. The highest BCUT2D eigenvalue weighted by atomic mass is 16.7. The van der Waals surface area contributed by atoms with Crippen LogP contribution in [0.4, 0.5) is 0 Å². The summed E-state index contributed by atoms with van der Waals surface area (Å²) < 4.78 is 25.5. The van der Waals surface area contributed by atoms with Crippen LogP contribution in [0.15, 0.2) is 42.5 Å². The number of aliphatic hydroxyl groups is 3. The summed E-state index contributed by atoms with van der Waals surface area (Å²) in [6, 6.07) is 8.07. The molecule has 1 heterocycles. The van der Waals surface area contributed by atoms with Gasteiger partial charge in [0.2, 0.25) is 6.29 Å². The Bertz CT molecular complexity index is 1110. The van der Waals surface area contributed by atoms with E-state index in [-0.39, 0.29) is 28.6 Å². The van der Waals surface area contributed by atoms with Crippen LogP contribution in [0, 0.1) is 0 Å². The van der Waals surface area contributed by atoms with Crippen molar-refractivity contribution in [2.45, 2.75) is 30.7 Å². The van der Waals surface area contributed by atoms with Crippen molar-refractivity contribution in [3.05, 3.63) is 53.6 Å².